The van der Waals surface area contributed by atoms with Gasteiger partial charge in [0, 0.05) is 23.7 Å². The zero-order chi connectivity index (χ0) is 17.0. The van der Waals surface area contributed by atoms with Gasteiger partial charge in [-0.25, -0.2) is 8.78 Å². The fourth-order valence-electron chi connectivity index (χ4n) is 2.37. The number of rotatable bonds is 5. The molecule has 3 N–H and O–H groups in total. The van der Waals surface area contributed by atoms with E-state index in [4.69, 9.17) is 5.73 Å². The van der Waals surface area contributed by atoms with E-state index < -0.39 is 17.7 Å². The van der Waals surface area contributed by atoms with E-state index in [0.717, 1.165) is 11.6 Å². The van der Waals surface area contributed by atoms with Crippen molar-refractivity contribution in [1.29, 1.82) is 0 Å². The summed E-state index contributed by atoms with van der Waals surface area (Å²) in [5.41, 5.74) is 7.19. The normalized spacial score (nSPS) is 11.8. The number of benzene rings is 2. The van der Waals surface area contributed by atoms with Crippen LogP contribution in [0.4, 0.5) is 8.78 Å². The molecule has 0 aliphatic carbocycles. The van der Waals surface area contributed by atoms with Crippen LogP contribution in [0, 0.1) is 17.6 Å². The fourth-order valence-corrected chi connectivity index (χ4v) is 2.37. The van der Waals surface area contributed by atoms with Crippen LogP contribution in [0.3, 0.4) is 0 Å². The molecule has 0 bridgehead atoms. The van der Waals surface area contributed by atoms with Crippen LogP contribution in [-0.2, 0) is 6.54 Å². The van der Waals surface area contributed by atoms with Gasteiger partial charge in [0.05, 0.1) is 6.04 Å². The van der Waals surface area contributed by atoms with Crippen LogP contribution in [0.1, 0.15) is 41.4 Å². The average molecular weight is 355 g/mol. The third kappa shape index (κ3) is 4.76. The van der Waals surface area contributed by atoms with Gasteiger partial charge in [0.2, 0.25) is 0 Å². The number of halogens is 3. The molecule has 0 aliphatic rings. The molecule has 3 nitrogen and oxygen atoms in total. The monoisotopic (exact) mass is 354 g/mol. The smallest absolute Gasteiger partial charge is 0.251 e. The van der Waals surface area contributed by atoms with E-state index in [0.29, 0.717) is 12.1 Å². The summed E-state index contributed by atoms with van der Waals surface area (Å²) in [5.74, 6) is -1.67. The van der Waals surface area contributed by atoms with Crippen LogP contribution in [0.25, 0.3) is 0 Å². The van der Waals surface area contributed by atoms with Gasteiger partial charge < -0.3 is 11.1 Å². The predicted octanol–water partition coefficient (Wildman–Crippen LogP) is 3.97. The van der Waals surface area contributed by atoms with E-state index in [2.05, 4.69) is 5.32 Å². The van der Waals surface area contributed by atoms with Crippen molar-refractivity contribution < 1.29 is 13.6 Å². The Morgan fingerprint density at radius 1 is 1.12 bits per heavy atom. The number of hydrogen-bond donors (Lipinski definition) is 2. The third-order valence-electron chi connectivity index (χ3n) is 3.70. The van der Waals surface area contributed by atoms with Gasteiger partial charge in [-0.1, -0.05) is 32.0 Å². The van der Waals surface area contributed by atoms with Crippen LogP contribution in [0.2, 0.25) is 0 Å². The first-order valence-corrected chi connectivity index (χ1v) is 7.47. The lowest BCUT2D eigenvalue weighted by molar-refractivity contribution is 0.0924. The molecule has 1 atom stereocenters. The maximum Gasteiger partial charge on any atom is 0.251 e. The Kier molecular flexibility index (Phi) is 7.32. The molecule has 0 radical (unpaired) electrons. The summed E-state index contributed by atoms with van der Waals surface area (Å²) in [5, 5.41) is 2.81. The second-order valence-corrected chi connectivity index (χ2v) is 5.76. The van der Waals surface area contributed by atoms with E-state index in [1.165, 1.54) is 12.1 Å². The highest BCUT2D eigenvalue weighted by atomic mass is 35.5. The van der Waals surface area contributed by atoms with E-state index in [1.807, 2.05) is 13.8 Å². The highest BCUT2D eigenvalue weighted by Gasteiger charge is 2.22. The van der Waals surface area contributed by atoms with Crippen molar-refractivity contribution >= 4 is 18.3 Å². The van der Waals surface area contributed by atoms with Gasteiger partial charge in [-0.2, -0.15) is 0 Å². The molecule has 2 aromatic rings. The first-order chi connectivity index (χ1) is 10.9. The molecule has 2 rings (SSSR count). The average Bonchev–Trinajstić information content (AvgIpc) is 2.53. The van der Waals surface area contributed by atoms with Crippen LogP contribution >= 0.6 is 12.4 Å². The summed E-state index contributed by atoms with van der Waals surface area (Å²) >= 11 is 0. The summed E-state index contributed by atoms with van der Waals surface area (Å²) in [4.78, 5) is 12.4. The molecule has 24 heavy (non-hydrogen) atoms. The van der Waals surface area contributed by atoms with Crippen molar-refractivity contribution in [2.75, 3.05) is 0 Å². The van der Waals surface area contributed by atoms with Gasteiger partial charge in [0.15, 0.2) is 0 Å². The summed E-state index contributed by atoms with van der Waals surface area (Å²) in [6.07, 6.45) is 0. The zero-order valence-corrected chi connectivity index (χ0v) is 14.4. The lowest BCUT2D eigenvalue weighted by atomic mass is 9.95. The van der Waals surface area contributed by atoms with Gasteiger partial charge in [-0.15, -0.1) is 12.4 Å². The van der Waals surface area contributed by atoms with E-state index in [1.54, 1.807) is 24.3 Å². The minimum atomic E-state index is -0.664. The molecular weight excluding hydrogens is 334 g/mol. The van der Waals surface area contributed by atoms with Crippen LogP contribution < -0.4 is 11.1 Å². The quantitative estimate of drug-likeness (QED) is 0.853. The summed E-state index contributed by atoms with van der Waals surface area (Å²) < 4.78 is 27.1. The Morgan fingerprint density at radius 2 is 1.75 bits per heavy atom. The molecule has 0 aromatic heterocycles. The molecule has 0 saturated heterocycles. The molecule has 0 heterocycles. The number of nitrogens with one attached hydrogen (secondary N) is 1. The topological polar surface area (TPSA) is 55.1 Å². The molecule has 1 amide bonds. The Bertz CT molecular complexity index is 690. The maximum atomic E-state index is 14.0. The lowest BCUT2D eigenvalue weighted by Crippen LogP contribution is -2.32. The van der Waals surface area contributed by atoms with Crippen molar-refractivity contribution in [1.82, 2.24) is 5.32 Å². The number of carbonyl (C=O) groups is 1. The van der Waals surface area contributed by atoms with Gasteiger partial charge in [0.25, 0.3) is 5.91 Å². The molecule has 0 fully saturated rings. The third-order valence-corrected chi connectivity index (χ3v) is 3.70. The molecule has 0 spiro atoms. The molecular formula is C18H21ClF2N2O. The molecule has 6 heteroatoms. The van der Waals surface area contributed by atoms with E-state index in [-0.39, 0.29) is 29.8 Å². The molecule has 1 unspecified atom stereocenters. The molecule has 0 saturated carbocycles. The Morgan fingerprint density at radius 3 is 2.25 bits per heavy atom. The van der Waals surface area contributed by atoms with Gasteiger partial charge >= 0.3 is 0 Å². The first kappa shape index (κ1) is 20.1. The van der Waals surface area contributed by atoms with Crippen LogP contribution in [0.5, 0.6) is 0 Å². The van der Waals surface area contributed by atoms with Gasteiger partial charge in [-0.3, -0.25) is 4.79 Å². The number of hydrogen-bond acceptors (Lipinski definition) is 2. The summed E-state index contributed by atoms with van der Waals surface area (Å²) in [6.45, 7) is 4.13. The van der Waals surface area contributed by atoms with Crippen LogP contribution in [0.15, 0.2) is 42.5 Å². The maximum absolute atomic E-state index is 14.0. The van der Waals surface area contributed by atoms with Crippen LogP contribution in [-0.4, -0.2) is 5.91 Å². The summed E-state index contributed by atoms with van der Waals surface area (Å²) in [7, 11) is 0. The van der Waals surface area contributed by atoms with Crippen molar-refractivity contribution in [3.8, 4) is 0 Å². The Hall–Kier alpha value is -1.98. The van der Waals surface area contributed by atoms with Crippen molar-refractivity contribution in [2.45, 2.75) is 26.4 Å². The lowest BCUT2D eigenvalue weighted by Gasteiger charge is -2.23. The van der Waals surface area contributed by atoms with E-state index >= 15 is 0 Å². The minimum absolute atomic E-state index is 0. The number of nitrogens with two attached hydrogens (primary N) is 1. The Labute approximate surface area is 146 Å². The largest absolute Gasteiger partial charge is 0.345 e. The second-order valence-electron chi connectivity index (χ2n) is 5.76. The SMILES string of the molecule is CC(C)C(NC(=O)c1ccc(CN)cc1)c1ccc(F)cc1F.Cl. The standard InChI is InChI=1S/C18H20F2N2O.ClH/c1-11(2)17(15-8-7-14(19)9-16(15)20)22-18(23)13-5-3-12(10-21)4-6-13;/h3-9,11,17H,10,21H2,1-2H3,(H,22,23);1H. The highest BCUT2D eigenvalue weighted by Crippen LogP contribution is 2.25. The second kappa shape index (κ2) is 8.76. The van der Waals surface area contributed by atoms with Gasteiger partial charge in [0.1, 0.15) is 11.6 Å². The molecule has 0 aliphatic heterocycles. The minimum Gasteiger partial charge on any atom is -0.345 e. The predicted molar refractivity (Wildman–Crippen MR) is 93.0 cm³/mol. The first-order valence-electron chi connectivity index (χ1n) is 7.47. The fraction of sp³-hybridized carbons (Fsp3) is 0.278. The highest BCUT2D eigenvalue weighted by molar-refractivity contribution is 5.94. The molecule has 130 valence electrons. The van der Waals surface area contributed by atoms with Crippen molar-refractivity contribution in [3.05, 3.63) is 70.8 Å². The number of carbonyl (C=O) groups excluding carboxylic acids is 1. The van der Waals surface area contributed by atoms with Crippen molar-refractivity contribution in [3.63, 3.8) is 0 Å². The van der Waals surface area contributed by atoms with Gasteiger partial charge in [-0.05, 0) is 29.7 Å². The zero-order valence-electron chi connectivity index (χ0n) is 13.6. The van der Waals surface area contributed by atoms with Crippen molar-refractivity contribution in [2.24, 2.45) is 11.7 Å². The molecule has 2 aromatic carbocycles. The number of amides is 1. The Balaban J connectivity index is 0.00000288. The summed E-state index contributed by atoms with van der Waals surface area (Å²) in [6, 6.07) is 9.74. The van der Waals surface area contributed by atoms with E-state index in [9.17, 15) is 13.6 Å².